The zero-order valence-electron chi connectivity index (χ0n) is 15.0. The molecule has 0 radical (unpaired) electrons. The highest BCUT2D eigenvalue weighted by molar-refractivity contribution is 6.30. The highest BCUT2D eigenvalue weighted by atomic mass is 35.5. The molecule has 25 heavy (non-hydrogen) atoms. The number of carbonyl (C=O) groups excluding carboxylic acids is 1. The van der Waals surface area contributed by atoms with Gasteiger partial charge in [-0.15, -0.1) is 0 Å². The molecule has 0 saturated heterocycles. The number of ether oxygens (including phenoxy) is 2. The summed E-state index contributed by atoms with van der Waals surface area (Å²) in [6.45, 7) is 6.91. The maximum Gasteiger partial charge on any atom is 0.170 e. The van der Waals surface area contributed by atoms with Crippen molar-refractivity contribution < 1.29 is 14.3 Å². The van der Waals surface area contributed by atoms with Crippen LogP contribution in [0, 0.1) is 6.92 Å². The fourth-order valence-electron chi connectivity index (χ4n) is 2.79. The zero-order valence-corrected chi connectivity index (χ0v) is 15.8. The molecule has 134 valence electrons. The Morgan fingerprint density at radius 3 is 2.24 bits per heavy atom. The van der Waals surface area contributed by atoms with E-state index < -0.39 is 6.29 Å². The average molecular weight is 361 g/mol. The molecule has 3 nitrogen and oxygen atoms in total. The lowest BCUT2D eigenvalue weighted by Crippen LogP contribution is -2.24. The molecule has 0 heterocycles. The normalized spacial score (nSPS) is 12.4. The van der Waals surface area contributed by atoms with Gasteiger partial charge in [-0.3, -0.25) is 4.79 Å². The van der Waals surface area contributed by atoms with Gasteiger partial charge in [0, 0.05) is 30.2 Å². The Balaban J connectivity index is 2.33. The molecule has 4 heteroatoms. The van der Waals surface area contributed by atoms with Crippen molar-refractivity contribution in [1.82, 2.24) is 0 Å². The van der Waals surface area contributed by atoms with Crippen LogP contribution in [0.15, 0.2) is 48.5 Å². The number of ketones is 1. The highest BCUT2D eigenvalue weighted by Gasteiger charge is 2.26. The van der Waals surface area contributed by atoms with Crippen LogP contribution < -0.4 is 0 Å². The largest absolute Gasteiger partial charge is 0.353 e. The summed E-state index contributed by atoms with van der Waals surface area (Å²) >= 11 is 6.15. The summed E-state index contributed by atoms with van der Waals surface area (Å²) in [6.07, 6.45) is 0.0303. The number of aryl methyl sites for hydroxylation is 1. The molecule has 0 bridgehead atoms. The third kappa shape index (κ3) is 5.67. The minimum atomic E-state index is -0.423. The van der Waals surface area contributed by atoms with Crippen molar-refractivity contribution in [2.24, 2.45) is 0 Å². The fraction of sp³-hybridized carbons (Fsp3) is 0.381. The van der Waals surface area contributed by atoms with Gasteiger partial charge >= 0.3 is 0 Å². The summed E-state index contributed by atoms with van der Waals surface area (Å²) in [6, 6.07) is 15.1. The first kappa shape index (κ1) is 19.6. The van der Waals surface area contributed by atoms with Crippen LogP contribution in [0.4, 0.5) is 0 Å². The SMILES string of the molecule is CCOC(CC(C(=O)c1ccc(C)cc1)c1cccc(Cl)c1)OCC. The van der Waals surface area contributed by atoms with Gasteiger partial charge in [0.25, 0.3) is 0 Å². The minimum absolute atomic E-state index is 0.0478. The summed E-state index contributed by atoms with van der Waals surface area (Å²) in [4.78, 5) is 13.2. The van der Waals surface area contributed by atoms with E-state index in [2.05, 4.69) is 0 Å². The average Bonchev–Trinajstić information content (AvgIpc) is 2.60. The van der Waals surface area contributed by atoms with Crippen LogP contribution in [0.3, 0.4) is 0 Å². The maximum absolute atomic E-state index is 13.2. The predicted octanol–water partition coefficient (Wildman–Crippen LogP) is 5.40. The van der Waals surface area contributed by atoms with Crippen molar-refractivity contribution in [2.75, 3.05) is 13.2 Å². The molecule has 1 atom stereocenters. The van der Waals surface area contributed by atoms with Crippen LogP contribution in [0.2, 0.25) is 5.02 Å². The summed E-state index contributed by atoms with van der Waals surface area (Å²) in [5.74, 6) is -0.323. The van der Waals surface area contributed by atoms with Crippen LogP contribution in [0.5, 0.6) is 0 Å². The third-order valence-electron chi connectivity index (χ3n) is 4.04. The Bertz CT molecular complexity index is 676. The molecule has 2 rings (SSSR count). The van der Waals surface area contributed by atoms with Gasteiger partial charge in [0.05, 0.1) is 5.92 Å². The van der Waals surface area contributed by atoms with Crippen molar-refractivity contribution in [2.45, 2.75) is 39.4 Å². The molecule has 2 aromatic carbocycles. The molecule has 0 N–H and O–H groups in total. The Kier molecular flexibility index (Phi) is 7.63. The zero-order chi connectivity index (χ0) is 18.2. The molecule has 0 aliphatic rings. The second-order valence-corrected chi connectivity index (χ2v) is 6.35. The summed E-state index contributed by atoms with van der Waals surface area (Å²) in [5.41, 5.74) is 2.68. The molecule has 0 spiro atoms. The van der Waals surface area contributed by atoms with E-state index in [9.17, 15) is 4.79 Å². The van der Waals surface area contributed by atoms with Crippen molar-refractivity contribution in [3.8, 4) is 0 Å². The minimum Gasteiger partial charge on any atom is -0.353 e. The molecule has 1 unspecified atom stereocenters. The maximum atomic E-state index is 13.2. The lowest BCUT2D eigenvalue weighted by molar-refractivity contribution is -0.140. The highest BCUT2D eigenvalue weighted by Crippen LogP contribution is 2.29. The molecule has 0 fully saturated rings. The lowest BCUT2D eigenvalue weighted by atomic mass is 9.87. The van der Waals surface area contributed by atoms with Crippen molar-refractivity contribution in [3.63, 3.8) is 0 Å². The monoisotopic (exact) mass is 360 g/mol. The molecule has 0 aliphatic heterocycles. The Morgan fingerprint density at radius 1 is 1.04 bits per heavy atom. The number of Topliss-reactive ketones (excluding diaryl/α,β-unsaturated/α-hetero) is 1. The van der Waals surface area contributed by atoms with Gasteiger partial charge in [-0.2, -0.15) is 0 Å². The molecule has 2 aromatic rings. The number of halogens is 1. The first-order chi connectivity index (χ1) is 12.0. The van der Waals surface area contributed by atoms with Gasteiger partial charge < -0.3 is 9.47 Å². The van der Waals surface area contributed by atoms with E-state index in [0.717, 1.165) is 11.1 Å². The second kappa shape index (κ2) is 9.71. The fourth-order valence-corrected chi connectivity index (χ4v) is 2.98. The molecule has 0 saturated carbocycles. The first-order valence-electron chi connectivity index (χ1n) is 8.64. The van der Waals surface area contributed by atoms with E-state index in [4.69, 9.17) is 21.1 Å². The van der Waals surface area contributed by atoms with Gasteiger partial charge in [-0.05, 0) is 38.5 Å². The number of benzene rings is 2. The van der Waals surface area contributed by atoms with Crippen molar-refractivity contribution in [1.29, 1.82) is 0 Å². The van der Waals surface area contributed by atoms with Crippen LogP contribution in [-0.2, 0) is 9.47 Å². The number of rotatable bonds is 9. The number of hydrogen-bond donors (Lipinski definition) is 0. The summed E-state index contributed by atoms with van der Waals surface area (Å²) in [5, 5.41) is 0.614. The number of carbonyl (C=O) groups is 1. The smallest absolute Gasteiger partial charge is 0.170 e. The van der Waals surface area contributed by atoms with E-state index in [-0.39, 0.29) is 11.7 Å². The third-order valence-corrected chi connectivity index (χ3v) is 4.27. The predicted molar refractivity (Wildman–Crippen MR) is 101 cm³/mol. The lowest BCUT2D eigenvalue weighted by Gasteiger charge is -2.23. The molecule has 0 aliphatic carbocycles. The van der Waals surface area contributed by atoms with E-state index in [1.54, 1.807) is 6.07 Å². The van der Waals surface area contributed by atoms with E-state index >= 15 is 0 Å². The summed E-state index contributed by atoms with van der Waals surface area (Å²) in [7, 11) is 0. The first-order valence-corrected chi connectivity index (χ1v) is 9.02. The Morgan fingerprint density at radius 2 is 1.68 bits per heavy atom. The standard InChI is InChI=1S/C21H25ClO3/c1-4-24-20(25-5-2)14-19(17-7-6-8-18(22)13-17)21(23)16-11-9-15(3)10-12-16/h6-13,19-20H,4-5,14H2,1-3H3. The molecular formula is C21H25ClO3. The van der Waals surface area contributed by atoms with Crippen LogP contribution in [0.25, 0.3) is 0 Å². The van der Waals surface area contributed by atoms with Crippen LogP contribution in [0.1, 0.15) is 47.7 Å². The van der Waals surface area contributed by atoms with Gasteiger partial charge in [0.2, 0.25) is 0 Å². The quantitative estimate of drug-likeness (QED) is 0.443. The van der Waals surface area contributed by atoms with Gasteiger partial charge in [-0.25, -0.2) is 0 Å². The van der Waals surface area contributed by atoms with Gasteiger partial charge in [0.15, 0.2) is 12.1 Å². The van der Waals surface area contributed by atoms with E-state index in [1.165, 1.54) is 0 Å². The molecule has 0 aromatic heterocycles. The number of hydrogen-bond acceptors (Lipinski definition) is 3. The molecule has 0 amide bonds. The van der Waals surface area contributed by atoms with Gasteiger partial charge in [0.1, 0.15) is 0 Å². The Hall–Kier alpha value is -1.68. The van der Waals surface area contributed by atoms with E-state index in [0.29, 0.717) is 30.2 Å². The second-order valence-electron chi connectivity index (χ2n) is 5.91. The van der Waals surface area contributed by atoms with Gasteiger partial charge in [-0.1, -0.05) is 53.6 Å². The topological polar surface area (TPSA) is 35.5 Å². The molecular weight excluding hydrogens is 336 g/mol. The Labute approximate surface area is 154 Å². The van der Waals surface area contributed by atoms with Crippen molar-refractivity contribution in [3.05, 3.63) is 70.2 Å². The van der Waals surface area contributed by atoms with Crippen LogP contribution >= 0.6 is 11.6 Å². The van der Waals surface area contributed by atoms with Crippen LogP contribution in [-0.4, -0.2) is 25.3 Å². The van der Waals surface area contributed by atoms with E-state index in [1.807, 2.05) is 63.2 Å². The summed E-state index contributed by atoms with van der Waals surface area (Å²) < 4.78 is 11.3. The van der Waals surface area contributed by atoms with Crippen molar-refractivity contribution >= 4 is 17.4 Å².